The number of nitrogens with zero attached hydrogens (tertiary/aromatic N) is 3. The highest BCUT2D eigenvalue weighted by molar-refractivity contribution is 8.01. The predicted molar refractivity (Wildman–Crippen MR) is 114 cm³/mol. The number of nitrogen functional groups attached to an aromatic ring is 1. The van der Waals surface area contributed by atoms with Crippen LogP contribution in [0.3, 0.4) is 0 Å². The number of H-pyrrole nitrogens is 1. The van der Waals surface area contributed by atoms with E-state index in [4.69, 9.17) is 5.73 Å². The summed E-state index contributed by atoms with van der Waals surface area (Å²) in [5.41, 5.74) is 4.95. The number of carbonyl (C=O) groups is 2. The van der Waals surface area contributed by atoms with Gasteiger partial charge in [0, 0.05) is 25.3 Å². The first-order valence-electron chi connectivity index (χ1n) is 10.1. The standard InChI is InChI=1S/C19H29N5O4S/c1-4-6-10-22(14-15(20)23(9-5-2)18(28)21-16(14)26)17(27)12-11-29-19(3)8-7-13(25)24(12)19/h12H,4-11,20H2,1-3H3,(H,21,26,28). The van der Waals surface area contributed by atoms with Crippen molar-refractivity contribution in [2.24, 2.45) is 0 Å². The van der Waals surface area contributed by atoms with Gasteiger partial charge in [-0.25, -0.2) is 4.79 Å². The van der Waals surface area contributed by atoms with E-state index in [2.05, 4.69) is 4.98 Å². The maximum absolute atomic E-state index is 13.6. The zero-order valence-corrected chi connectivity index (χ0v) is 18.0. The zero-order chi connectivity index (χ0) is 21.3. The lowest BCUT2D eigenvalue weighted by atomic mass is 10.1. The molecular formula is C19H29N5O4S. The molecule has 0 spiro atoms. The van der Waals surface area contributed by atoms with Crippen LogP contribution in [0.1, 0.15) is 52.9 Å². The molecule has 3 heterocycles. The summed E-state index contributed by atoms with van der Waals surface area (Å²) in [6, 6.07) is -0.637. The number of rotatable bonds is 7. The Morgan fingerprint density at radius 3 is 2.69 bits per heavy atom. The van der Waals surface area contributed by atoms with Crippen LogP contribution in [0, 0.1) is 0 Å². The van der Waals surface area contributed by atoms with Gasteiger partial charge in [-0.3, -0.25) is 23.9 Å². The number of carbonyl (C=O) groups excluding carboxylic acids is 2. The summed E-state index contributed by atoms with van der Waals surface area (Å²) in [7, 11) is 0. The number of amides is 2. The van der Waals surface area contributed by atoms with Gasteiger partial charge >= 0.3 is 5.69 Å². The Morgan fingerprint density at radius 2 is 2.03 bits per heavy atom. The van der Waals surface area contributed by atoms with Gasteiger partial charge in [-0.05, 0) is 26.2 Å². The van der Waals surface area contributed by atoms with Crippen molar-refractivity contribution in [2.75, 3.05) is 22.9 Å². The third-order valence-electron chi connectivity index (χ3n) is 5.66. The quantitative estimate of drug-likeness (QED) is 0.678. The summed E-state index contributed by atoms with van der Waals surface area (Å²) < 4.78 is 1.29. The number of aromatic nitrogens is 2. The van der Waals surface area contributed by atoms with E-state index in [1.54, 1.807) is 16.7 Å². The summed E-state index contributed by atoms with van der Waals surface area (Å²) in [5, 5.41) is 0. The highest BCUT2D eigenvalue weighted by atomic mass is 32.2. The molecule has 2 fully saturated rings. The number of nitrogens with one attached hydrogen (secondary N) is 1. The largest absolute Gasteiger partial charge is 0.383 e. The normalized spacial score (nSPS) is 23.5. The van der Waals surface area contributed by atoms with Crippen LogP contribution in [-0.4, -0.2) is 49.5 Å². The molecule has 0 aromatic carbocycles. The van der Waals surface area contributed by atoms with E-state index in [1.165, 1.54) is 9.47 Å². The maximum Gasteiger partial charge on any atom is 0.330 e. The SMILES string of the molecule is CCCCN(C(=O)C1CSC2(C)CCC(=O)N12)c1c(N)n(CCC)c(=O)[nH]c1=O. The average molecular weight is 424 g/mol. The summed E-state index contributed by atoms with van der Waals surface area (Å²) in [6.45, 7) is 6.50. The number of aromatic amines is 1. The minimum absolute atomic E-state index is 0.00162. The van der Waals surface area contributed by atoms with Crippen molar-refractivity contribution in [3.63, 3.8) is 0 Å². The molecule has 2 amide bonds. The van der Waals surface area contributed by atoms with Gasteiger partial charge in [-0.1, -0.05) is 20.3 Å². The second-order valence-corrected chi connectivity index (χ2v) is 9.26. The molecule has 9 nitrogen and oxygen atoms in total. The molecule has 0 bridgehead atoms. The molecule has 3 N–H and O–H groups in total. The molecule has 0 saturated carbocycles. The second-order valence-electron chi connectivity index (χ2n) is 7.75. The molecule has 1 aromatic heterocycles. The Labute approximate surface area is 173 Å². The van der Waals surface area contributed by atoms with Gasteiger partial charge in [-0.15, -0.1) is 11.8 Å². The van der Waals surface area contributed by atoms with Crippen molar-refractivity contribution in [2.45, 2.75) is 70.3 Å². The van der Waals surface area contributed by atoms with Gasteiger partial charge in [-0.2, -0.15) is 0 Å². The Hall–Kier alpha value is -2.23. The molecule has 29 heavy (non-hydrogen) atoms. The Balaban J connectivity index is 2.05. The van der Waals surface area contributed by atoms with Crippen LogP contribution < -0.4 is 21.9 Å². The molecule has 10 heteroatoms. The molecule has 2 aliphatic heterocycles. The minimum Gasteiger partial charge on any atom is -0.383 e. The molecule has 2 aliphatic rings. The number of thioether (sulfide) groups is 1. The third kappa shape index (κ3) is 3.70. The summed E-state index contributed by atoms with van der Waals surface area (Å²) in [5.74, 6) is 0.120. The number of unbranched alkanes of at least 4 members (excludes halogenated alkanes) is 1. The number of anilines is 2. The van der Waals surface area contributed by atoms with Gasteiger partial charge in [0.25, 0.3) is 11.5 Å². The Bertz CT molecular complexity index is 926. The van der Waals surface area contributed by atoms with Crippen LogP contribution >= 0.6 is 11.8 Å². The van der Waals surface area contributed by atoms with E-state index in [0.29, 0.717) is 44.5 Å². The fraction of sp³-hybridized carbons (Fsp3) is 0.684. The van der Waals surface area contributed by atoms with Crippen molar-refractivity contribution >= 4 is 35.1 Å². The summed E-state index contributed by atoms with van der Waals surface area (Å²) in [6.07, 6.45) is 3.27. The predicted octanol–water partition coefficient (Wildman–Crippen LogP) is 1.12. The second kappa shape index (κ2) is 8.25. The maximum atomic E-state index is 13.6. The first kappa shape index (κ1) is 21.5. The summed E-state index contributed by atoms with van der Waals surface area (Å²) in [4.78, 5) is 55.8. The van der Waals surface area contributed by atoms with E-state index in [-0.39, 0.29) is 28.2 Å². The van der Waals surface area contributed by atoms with Crippen molar-refractivity contribution in [1.82, 2.24) is 14.5 Å². The molecular weight excluding hydrogens is 394 g/mol. The van der Waals surface area contributed by atoms with Crippen molar-refractivity contribution in [1.29, 1.82) is 0 Å². The highest BCUT2D eigenvalue weighted by Gasteiger charge is 2.53. The molecule has 0 radical (unpaired) electrons. The van der Waals surface area contributed by atoms with Crippen LogP contribution in [0.4, 0.5) is 11.5 Å². The molecule has 0 aliphatic carbocycles. The van der Waals surface area contributed by atoms with Crippen LogP contribution in [0.25, 0.3) is 0 Å². The van der Waals surface area contributed by atoms with Crippen LogP contribution in [0.15, 0.2) is 9.59 Å². The Kier molecular flexibility index (Phi) is 6.11. The molecule has 1 aromatic rings. The topological polar surface area (TPSA) is 121 Å². The van der Waals surface area contributed by atoms with E-state index in [9.17, 15) is 19.2 Å². The van der Waals surface area contributed by atoms with Crippen molar-refractivity contribution in [3.05, 3.63) is 20.8 Å². The van der Waals surface area contributed by atoms with Crippen LogP contribution in [-0.2, 0) is 16.1 Å². The third-order valence-corrected chi connectivity index (χ3v) is 7.17. The number of fused-ring (bicyclic) bond motifs is 1. The number of hydrogen-bond acceptors (Lipinski definition) is 6. The van der Waals surface area contributed by atoms with Gasteiger partial charge < -0.3 is 15.5 Å². The van der Waals surface area contributed by atoms with E-state index in [0.717, 1.165) is 6.42 Å². The first-order chi connectivity index (χ1) is 13.7. The number of nitrogens with two attached hydrogens (primary N) is 1. The fourth-order valence-corrected chi connectivity index (χ4v) is 5.54. The van der Waals surface area contributed by atoms with Crippen LogP contribution in [0.2, 0.25) is 0 Å². The van der Waals surface area contributed by atoms with Gasteiger partial charge in [0.15, 0.2) is 5.69 Å². The lowest BCUT2D eigenvalue weighted by Crippen LogP contribution is -2.53. The monoisotopic (exact) mass is 423 g/mol. The average Bonchev–Trinajstić information content (AvgIpc) is 3.16. The van der Waals surface area contributed by atoms with E-state index in [1.807, 2.05) is 20.8 Å². The van der Waals surface area contributed by atoms with Crippen LogP contribution in [0.5, 0.6) is 0 Å². The molecule has 3 rings (SSSR count). The molecule has 2 saturated heterocycles. The molecule has 2 unspecified atom stereocenters. The minimum atomic E-state index is -0.675. The first-order valence-corrected chi connectivity index (χ1v) is 11.1. The Morgan fingerprint density at radius 1 is 1.31 bits per heavy atom. The molecule has 2 atom stereocenters. The van der Waals surface area contributed by atoms with Gasteiger partial charge in [0.05, 0.1) is 4.87 Å². The highest BCUT2D eigenvalue weighted by Crippen LogP contribution is 2.47. The fourth-order valence-electron chi connectivity index (χ4n) is 4.12. The zero-order valence-electron chi connectivity index (χ0n) is 17.2. The van der Waals surface area contributed by atoms with E-state index >= 15 is 0 Å². The van der Waals surface area contributed by atoms with Crippen molar-refractivity contribution < 1.29 is 9.59 Å². The van der Waals surface area contributed by atoms with E-state index < -0.39 is 17.3 Å². The lowest BCUT2D eigenvalue weighted by Gasteiger charge is -2.33. The van der Waals surface area contributed by atoms with Gasteiger partial charge in [0.1, 0.15) is 11.9 Å². The number of hydrogen-bond donors (Lipinski definition) is 2. The van der Waals surface area contributed by atoms with Crippen molar-refractivity contribution in [3.8, 4) is 0 Å². The smallest absolute Gasteiger partial charge is 0.330 e. The molecule has 160 valence electrons. The summed E-state index contributed by atoms with van der Waals surface area (Å²) >= 11 is 1.60. The van der Waals surface area contributed by atoms with Gasteiger partial charge in [0.2, 0.25) is 5.91 Å². The lowest BCUT2D eigenvalue weighted by molar-refractivity contribution is -0.136.